The van der Waals surface area contributed by atoms with Crippen molar-refractivity contribution in [3.63, 3.8) is 0 Å². The van der Waals surface area contributed by atoms with Crippen molar-refractivity contribution in [2.75, 3.05) is 5.32 Å². The van der Waals surface area contributed by atoms with Crippen LogP contribution < -0.4 is 5.32 Å². The van der Waals surface area contributed by atoms with Gasteiger partial charge in [0.15, 0.2) is 5.82 Å². The fourth-order valence-electron chi connectivity index (χ4n) is 2.85. The highest BCUT2D eigenvalue weighted by molar-refractivity contribution is 8.00. The van der Waals surface area contributed by atoms with Gasteiger partial charge in [-0.15, -0.1) is 5.10 Å². The highest BCUT2D eigenvalue weighted by Gasteiger charge is 2.19. The number of thioether (sulfide) groups is 1. The van der Waals surface area contributed by atoms with E-state index in [0.717, 1.165) is 16.5 Å². The molecule has 1 atom stereocenters. The number of nitrogens with one attached hydrogen (secondary N) is 2. The molecule has 1 aromatic heterocycles. The Morgan fingerprint density at radius 3 is 2.68 bits per heavy atom. The van der Waals surface area contributed by atoms with Crippen LogP contribution in [0.2, 0.25) is 0 Å². The molecular weight excluding hydrogens is 375 g/mol. The molecule has 3 aromatic carbocycles. The predicted molar refractivity (Wildman–Crippen MR) is 110 cm³/mol. The standard InChI is InChI=1S/C21H17FN4OS/c1-13(20(27)23-18-12-6-8-14-7-2-3-9-15(14)18)28-21-24-19(25-26-21)16-10-4-5-11-17(16)22/h2-13H,1H3,(H,23,27)(H,24,25,26)/t13-/m0/s1. The maximum atomic E-state index is 13.9. The van der Waals surface area contributed by atoms with Crippen molar-refractivity contribution in [3.05, 3.63) is 72.5 Å². The monoisotopic (exact) mass is 392 g/mol. The Morgan fingerprint density at radius 1 is 1.07 bits per heavy atom. The average molecular weight is 392 g/mol. The highest BCUT2D eigenvalue weighted by atomic mass is 32.2. The van der Waals surface area contributed by atoms with E-state index in [1.54, 1.807) is 25.1 Å². The van der Waals surface area contributed by atoms with Crippen molar-refractivity contribution < 1.29 is 9.18 Å². The molecule has 5 nitrogen and oxygen atoms in total. The summed E-state index contributed by atoms with van der Waals surface area (Å²) in [6.07, 6.45) is 0. The van der Waals surface area contributed by atoms with Crippen LogP contribution in [0.3, 0.4) is 0 Å². The number of hydrogen-bond acceptors (Lipinski definition) is 4. The summed E-state index contributed by atoms with van der Waals surface area (Å²) in [6.45, 7) is 1.78. The number of anilines is 1. The summed E-state index contributed by atoms with van der Waals surface area (Å²) in [5, 5.41) is 11.8. The van der Waals surface area contributed by atoms with E-state index in [-0.39, 0.29) is 11.7 Å². The zero-order valence-electron chi connectivity index (χ0n) is 15.0. The molecule has 1 heterocycles. The van der Waals surface area contributed by atoms with Gasteiger partial charge in [0.1, 0.15) is 5.82 Å². The average Bonchev–Trinajstić information content (AvgIpc) is 3.16. The van der Waals surface area contributed by atoms with Crippen molar-refractivity contribution in [1.29, 1.82) is 0 Å². The Balaban J connectivity index is 1.47. The SMILES string of the molecule is C[C@H](Sc1n[nH]c(-c2ccccc2F)n1)C(=O)Nc1cccc2ccccc12. The first-order chi connectivity index (χ1) is 13.6. The van der Waals surface area contributed by atoms with Crippen molar-refractivity contribution in [3.8, 4) is 11.4 Å². The lowest BCUT2D eigenvalue weighted by atomic mass is 10.1. The second-order valence-electron chi connectivity index (χ2n) is 6.22. The maximum absolute atomic E-state index is 13.9. The van der Waals surface area contributed by atoms with Gasteiger partial charge in [0.2, 0.25) is 11.1 Å². The molecular formula is C21H17FN4OS. The Morgan fingerprint density at radius 2 is 1.82 bits per heavy atom. The number of aromatic amines is 1. The lowest BCUT2D eigenvalue weighted by molar-refractivity contribution is -0.115. The van der Waals surface area contributed by atoms with Gasteiger partial charge in [0.25, 0.3) is 0 Å². The van der Waals surface area contributed by atoms with Gasteiger partial charge in [-0.25, -0.2) is 9.37 Å². The van der Waals surface area contributed by atoms with Gasteiger partial charge in [-0.1, -0.05) is 60.3 Å². The van der Waals surface area contributed by atoms with Gasteiger partial charge >= 0.3 is 0 Å². The number of rotatable bonds is 5. The number of amides is 1. The molecule has 0 radical (unpaired) electrons. The number of fused-ring (bicyclic) bond motifs is 1. The van der Waals surface area contributed by atoms with Gasteiger partial charge in [0, 0.05) is 11.1 Å². The van der Waals surface area contributed by atoms with E-state index in [9.17, 15) is 9.18 Å². The molecule has 0 saturated heterocycles. The van der Waals surface area contributed by atoms with Gasteiger partial charge in [-0.05, 0) is 30.5 Å². The third kappa shape index (κ3) is 3.75. The molecule has 0 spiro atoms. The molecule has 0 aliphatic carbocycles. The Hall–Kier alpha value is -3.19. The first-order valence-electron chi connectivity index (χ1n) is 8.74. The molecule has 0 saturated carbocycles. The van der Waals surface area contributed by atoms with Gasteiger partial charge < -0.3 is 5.32 Å². The molecule has 2 N–H and O–H groups in total. The number of carbonyl (C=O) groups is 1. The fraction of sp³-hybridized carbons (Fsp3) is 0.0952. The molecule has 140 valence electrons. The first kappa shape index (κ1) is 18.2. The number of halogens is 1. The number of benzene rings is 3. The predicted octanol–water partition coefficient (Wildman–Crippen LogP) is 4.88. The minimum atomic E-state index is -0.428. The van der Waals surface area contributed by atoms with E-state index < -0.39 is 5.25 Å². The van der Waals surface area contributed by atoms with Crippen molar-refractivity contribution in [1.82, 2.24) is 15.2 Å². The number of hydrogen-bond donors (Lipinski definition) is 2. The topological polar surface area (TPSA) is 70.7 Å². The third-order valence-corrected chi connectivity index (χ3v) is 5.25. The zero-order valence-corrected chi connectivity index (χ0v) is 15.8. The number of aromatic nitrogens is 3. The van der Waals surface area contributed by atoms with E-state index in [1.165, 1.54) is 17.8 Å². The molecule has 0 aliphatic rings. The molecule has 0 unspecified atom stereocenters. The number of H-pyrrole nitrogens is 1. The maximum Gasteiger partial charge on any atom is 0.237 e. The van der Waals surface area contributed by atoms with E-state index >= 15 is 0 Å². The lowest BCUT2D eigenvalue weighted by Gasteiger charge is -2.12. The minimum absolute atomic E-state index is 0.154. The summed E-state index contributed by atoms with van der Waals surface area (Å²) in [7, 11) is 0. The molecule has 28 heavy (non-hydrogen) atoms. The fourth-order valence-corrected chi connectivity index (χ4v) is 3.58. The van der Waals surface area contributed by atoms with Crippen LogP contribution in [0.25, 0.3) is 22.2 Å². The van der Waals surface area contributed by atoms with Crippen LogP contribution >= 0.6 is 11.8 Å². The van der Waals surface area contributed by atoms with E-state index in [1.807, 2.05) is 42.5 Å². The van der Waals surface area contributed by atoms with Crippen molar-refractivity contribution >= 4 is 34.1 Å². The molecule has 0 bridgehead atoms. The first-order valence-corrected chi connectivity index (χ1v) is 9.62. The Kier molecular flexibility index (Phi) is 5.08. The van der Waals surface area contributed by atoms with E-state index in [0.29, 0.717) is 16.5 Å². The summed E-state index contributed by atoms with van der Waals surface area (Å²) in [6, 6.07) is 20.0. The molecule has 4 aromatic rings. The molecule has 4 rings (SSSR count). The Labute approximate surface area is 165 Å². The van der Waals surface area contributed by atoms with Crippen molar-refractivity contribution in [2.24, 2.45) is 0 Å². The van der Waals surface area contributed by atoms with E-state index in [2.05, 4.69) is 20.5 Å². The summed E-state index contributed by atoms with van der Waals surface area (Å²) in [4.78, 5) is 16.9. The van der Waals surface area contributed by atoms with Crippen LogP contribution in [0.1, 0.15) is 6.92 Å². The zero-order chi connectivity index (χ0) is 19.5. The molecule has 0 aliphatic heterocycles. The number of carbonyl (C=O) groups excluding carboxylic acids is 1. The molecule has 1 amide bonds. The van der Waals surface area contributed by atoms with Gasteiger partial charge in [-0.2, -0.15) is 0 Å². The normalized spacial score (nSPS) is 12.1. The van der Waals surface area contributed by atoms with Gasteiger partial charge in [-0.3, -0.25) is 9.89 Å². The van der Waals surface area contributed by atoms with Crippen LogP contribution in [0.15, 0.2) is 71.9 Å². The Bertz CT molecular complexity index is 1140. The second-order valence-corrected chi connectivity index (χ2v) is 7.53. The summed E-state index contributed by atoms with van der Waals surface area (Å²) >= 11 is 1.21. The summed E-state index contributed by atoms with van der Waals surface area (Å²) < 4.78 is 13.9. The van der Waals surface area contributed by atoms with Crippen LogP contribution in [-0.2, 0) is 4.79 Å². The summed E-state index contributed by atoms with van der Waals surface area (Å²) in [5.41, 5.74) is 1.10. The second kappa shape index (κ2) is 7.82. The van der Waals surface area contributed by atoms with Crippen LogP contribution in [0, 0.1) is 5.82 Å². The van der Waals surface area contributed by atoms with Crippen molar-refractivity contribution in [2.45, 2.75) is 17.3 Å². The van der Waals surface area contributed by atoms with Crippen LogP contribution in [-0.4, -0.2) is 26.3 Å². The largest absolute Gasteiger partial charge is 0.325 e. The third-order valence-electron chi connectivity index (χ3n) is 4.29. The highest BCUT2D eigenvalue weighted by Crippen LogP contribution is 2.27. The lowest BCUT2D eigenvalue weighted by Crippen LogP contribution is -2.22. The minimum Gasteiger partial charge on any atom is -0.325 e. The smallest absolute Gasteiger partial charge is 0.237 e. The molecule has 7 heteroatoms. The van der Waals surface area contributed by atoms with Crippen LogP contribution in [0.5, 0.6) is 0 Å². The van der Waals surface area contributed by atoms with Gasteiger partial charge in [0.05, 0.1) is 10.8 Å². The summed E-state index contributed by atoms with van der Waals surface area (Å²) in [5.74, 6) is -0.196. The number of nitrogens with zero attached hydrogens (tertiary/aromatic N) is 2. The quantitative estimate of drug-likeness (QED) is 0.475. The molecule has 0 fully saturated rings. The van der Waals surface area contributed by atoms with Crippen LogP contribution in [0.4, 0.5) is 10.1 Å². The van der Waals surface area contributed by atoms with E-state index in [4.69, 9.17) is 0 Å².